The smallest absolute Gasteiger partial charge is 0.0992 e. The van der Waals surface area contributed by atoms with E-state index in [-0.39, 0.29) is 0 Å². The van der Waals surface area contributed by atoms with E-state index in [1.165, 1.54) is 21.8 Å². The zero-order valence-corrected chi connectivity index (χ0v) is 17.9. The van der Waals surface area contributed by atoms with Gasteiger partial charge in [0.1, 0.15) is 0 Å². The molecule has 5 aromatic rings. The molecule has 0 bridgehead atoms. The summed E-state index contributed by atoms with van der Waals surface area (Å²) in [4.78, 5) is 0. The van der Waals surface area contributed by atoms with Gasteiger partial charge in [-0.1, -0.05) is 36.4 Å². The normalized spacial score (nSPS) is 17.5. The van der Waals surface area contributed by atoms with Gasteiger partial charge in [-0.3, -0.25) is 0 Å². The molecule has 4 heteroatoms. The van der Waals surface area contributed by atoms with E-state index in [4.69, 9.17) is 0 Å². The Hall–Kier alpha value is -4.28. The van der Waals surface area contributed by atoms with Crippen LogP contribution in [0.5, 0.6) is 0 Å². The number of aromatic nitrogens is 2. The van der Waals surface area contributed by atoms with Crippen LogP contribution in [0.25, 0.3) is 44.5 Å². The first kappa shape index (κ1) is 18.5. The van der Waals surface area contributed by atoms with Gasteiger partial charge in [0.15, 0.2) is 0 Å². The van der Waals surface area contributed by atoms with Crippen molar-refractivity contribution in [2.24, 2.45) is 12.5 Å². The lowest BCUT2D eigenvalue weighted by molar-refractivity contribution is 0.547. The quantitative estimate of drug-likeness (QED) is 0.327. The second-order valence-electron chi connectivity index (χ2n) is 8.86. The molecule has 1 aliphatic rings. The van der Waals surface area contributed by atoms with E-state index >= 15 is 0 Å². The summed E-state index contributed by atoms with van der Waals surface area (Å²) in [6, 6.07) is 25.6. The molecule has 2 aromatic heterocycles. The molecule has 0 aliphatic heterocycles. The van der Waals surface area contributed by atoms with Crippen molar-refractivity contribution in [2.45, 2.75) is 13.3 Å². The second kappa shape index (κ2) is 6.36. The molecule has 1 aliphatic carbocycles. The number of aryl methyl sites for hydroxylation is 1. The van der Waals surface area contributed by atoms with Gasteiger partial charge < -0.3 is 9.13 Å². The molecule has 32 heavy (non-hydrogen) atoms. The van der Waals surface area contributed by atoms with Gasteiger partial charge in [0.25, 0.3) is 0 Å². The average Bonchev–Trinajstić information content (AvgIpc) is 3.30. The highest BCUT2D eigenvalue weighted by Gasteiger charge is 2.30. The van der Waals surface area contributed by atoms with Gasteiger partial charge in [-0.05, 0) is 43.3 Å². The Morgan fingerprint density at radius 2 is 1.69 bits per heavy atom. The van der Waals surface area contributed by atoms with Crippen LogP contribution in [-0.2, 0) is 13.5 Å². The molecule has 2 heterocycles. The van der Waals surface area contributed by atoms with Crippen LogP contribution in [0.3, 0.4) is 0 Å². The number of allylic oxidation sites excluding steroid dienone is 1. The van der Waals surface area contributed by atoms with Crippen molar-refractivity contribution in [1.29, 1.82) is 10.5 Å². The number of hydrogen-bond donors (Lipinski definition) is 0. The summed E-state index contributed by atoms with van der Waals surface area (Å²) < 4.78 is 4.47. The number of rotatable bonds is 1. The van der Waals surface area contributed by atoms with Crippen molar-refractivity contribution < 1.29 is 0 Å². The lowest BCUT2D eigenvalue weighted by atomic mass is 9.81. The minimum absolute atomic E-state index is 0.555. The van der Waals surface area contributed by atoms with Crippen LogP contribution in [0.4, 0.5) is 0 Å². The Bertz CT molecular complexity index is 1700. The predicted molar refractivity (Wildman–Crippen MR) is 128 cm³/mol. The van der Waals surface area contributed by atoms with Gasteiger partial charge in [-0.15, -0.1) is 0 Å². The Balaban J connectivity index is 1.71. The Labute approximate surface area is 185 Å². The van der Waals surface area contributed by atoms with Gasteiger partial charge in [0.2, 0.25) is 0 Å². The monoisotopic (exact) mass is 412 g/mol. The molecule has 6 rings (SSSR count). The topological polar surface area (TPSA) is 57.4 Å². The van der Waals surface area contributed by atoms with Crippen molar-refractivity contribution in [3.63, 3.8) is 0 Å². The molecule has 0 saturated carbocycles. The average molecular weight is 412 g/mol. The summed E-state index contributed by atoms with van der Waals surface area (Å²) >= 11 is 0. The van der Waals surface area contributed by atoms with E-state index in [1.807, 2.05) is 31.2 Å². The van der Waals surface area contributed by atoms with Crippen LogP contribution in [-0.4, -0.2) is 9.13 Å². The van der Waals surface area contributed by atoms with Crippen LogP contribution < -0.4 is 0 Å². The highest BCUT2D eigenvalue weighted by Crippen LogP contribution is 2.40. The fourth-order valence-electron chi connectivity index (χ4n) is 5.14. The van der Waals surface area contributed by atoms with Crippen molar-refractivity contribution in [1.82, 2.24) is 9.13 Å². The summed E-state index contributed by atoms with van der Waals surface area (Å²) in [5, 5.41) is 22.8. The molecule has 0 amide bonds. The molecular formula is C28H20N4. The van der Waals surface area contributed by atoms with Crippen molar-refractivity contribution in [3.05, 3.63) is 83.6 Å². The molecule has 0 spiro atoms. The summed E-state index contributed by atoms with van der Waals surface area (Å²) in [6.07, 6.45) is 4.70. The maximum Gasteiger partial charge on any atom is 0.0992 e. The molecule has 0 saturated heterocycles. The minimum Gasteiger partial charge on any atom is -0.344 e. The predicted octanol–water partition coefficient (Wildman–Crippen LogP) is 6.25. The third-order valence-corrected chi connectivity index (χ3v) is 6.80. The fourth-order valence-corrected chi connectivity index (χ4v) is 5.14. The number of benzene rings is 3. The van der Waals surface area contributed by atoms with E-state index in [2.05, 4.69) is 76.9 Å². The SMILES string of the molecule is Cn1c2ccccc2c2cc(-n3c4c(c5ccc(C#N)cc53)C=CC(C)(C#N)C4)ccc21. The molecule has 152 valence electrons. The largest absolute Gasteiger partial charge is 0.344 e. The van der Waals surface area contributed by atoms with Gasteiger partial charge in [0, 0.05) is 57.6 Å². The summed E-state index contributed by atoms with van der Waals surface area (Å²) in [7, 11) is 2.10. The van der Waals surface area contributed by atoms with Crippen molar-refractivity contribution in [3.8, 4) is 17.8 Å². The van der Waals surface area contributed by atoms with Crippen LogP contribution >= 0.6 is 0 Å². The number of nitriles is 2. The minimum atomic E-state index is -0.555. The first-order chi connectivity index (χ1) is 15.5. The number of hydrogen-bond acceptors (Lipinski definition) is 2. The Morgan fingerprint density at radius 3 is 2.50 bits per heavy atom. The number of fused-ring (bicyclic) bond motifs is 6. The molecule has 4 nitrogen and oxygen atoms in total. The fraction of sp³-hybridized carbons (Fsp3) is 0.143. The molecular weight excluding hydrogens is 392 g/mol. The third-order valence-electron chi connectivity index (χ3n) is 6.80. The summed E-state index contributed by atoms with van der Waals surface area (Å²) in [6.45, 7) is 1.98. The van der Waals surface area contributed by atoms with E-state index < -0.39 is 5.41 Å². The molecule has 3 aromatic carbocycles. The van der Waals surface area contributed by atoms with E-state index in [1.54, 1.807) is 0 Å². The van der Waals surface area contributed by atoms with Crippen LogP contribution in [0.2, 0.25) is 0 Å². The van der Waals surface area contributed by atoms with E-state index in [9.17, 15) is 10.5 Å². The molecule has 1 unspecified atom stereocenters. The van der Waals surface area contributed by atoms with Gasteiger partial charge in [-0.25, -0.2) is 0 Å². The molecule has 1 atom stereocenters. The maximum atomic E-state index is 9.80. The number of para-hydroxylation sites is 1. The lowest BCUT2D eigenvalue weighted by Crippen LogP contribution is -2.19. The van der Waals surface area contributed by atoms with Crippen molar-refractivity contribution in [2.75, 3.05) is 0 Å². The van der Waals surface area contributed by atoms with E-state index in [0.717, 1.165) is 27.8 Å². The second-order valence-corrected chi connectivity index (χ2v) is 8.86. The summed E-state index contributed by atoms with van der Waals surface area (Å²) in [5.74, 6) is 0. The van der Waals surface area contributed by atoms with Crippen LogP contribution in [0, 0.1) is 28.1 Å². The Kier molecular flexibility index (Phi) is 3.67. The zero-order chi connectivity index (χ0) is 22.0. The van der Waals surface area contributed by atoms with Crippen LogP contribution in [0.1, 0.15) is 23.7 Å². The van der Waals surface area contributed by atoms with Gasteiger partial charge in [-0.2, -0.15) is 10.5 Å². The maximum absolute atomic E-state index is 9.80. The third kappa shape index (κ3) is 2.41. The van der Waals surface area contributed by atoms with Crippen molar-refractivity contribution >= 4 is 38.8 Å². The zero-order valence-electron chi connectivity index (χ0n) is 17.9. The highest BCUT2D eigenvalue weighted by molar-refractivity contribution is 6.09. The van der Waals surface area contributed by atoms with Gasteiger partial charge >= 0.3 is 0 Å². The van der Waals surface area contributed by atoms with Crippen LogP contribution in [0.15, 0.2) is 66.7 Å². The standard InChI is InChI=1S/C28H20N4/c1-28(17-30)12-11-22-21-9-7-18(16-29)13-26(21)32(27(22)15-28)19-8-10-25-23(14-19)20-5-3-4-6-24(20)31(25)2/h3-14H,15H2,1-2H3. The van der Waals surface area contributed by atoms with E-state index in [0.29, 0.717) is 12.0 Å². The molecule has 0 fully saturated rings. The molecule has 0 N–H and O–H groups in total. The molecule has 0 radical (unpaired) electrons. The first-order valence-corrected chi connectivity index (χ1v) is 10.7. The van der Waals surface area contributed by atoms with Gasteiger partial charge in [0.05, 0.1) is 28.6 Å². The summed E-state index contributed by atoms with van der Waals surface area (Å²) in [5.41, 5.74) is 6.75. The lowest BCUT2D eigenvalue weighted by Gasteiger charge is -2.23. The Morgan fingerprint density at radius 1 is 0.875 bits per heavy atom. The highest BCUT2D eigenvalue weighted by atomic mass is 15.0. The first-order valence-electron chi connectivity index (χ1n) is 10.7. The number of nitrogens with zero attached hydrogens (tertiary/aromatic N) is 4.